The van der Waals surface area contributed by atoms with Crippen LogP contribution in [-0.4, -0.2) is 15.9 Å². The molecule has 5 nitrogen and oxygen atoms in total. The summed E-state index contributed by atoms with van der Waals surface area (Å²) in [5.41, 5.74) is 0.680. The highest BCUT2D eigenvalue weighted by atomic mass is 16.1. The normalized spacial score (nSPS) is 12.9. The Morgan fingerprint density at radius 3 is 3.06 bits per heavy atom. The fraction of sp³-hybridized carbons (Fsp3) is 0.182. The summed E-state index contributed by atoms with van der Waals surface area (Å²) in [5.74, 6) is 1.41. The predicted molar refractivity (Wildman–Crippen MR) is 63.5 cm³/mol. The Morgan fingerprint density at radius 1 is 1.44 bits per heavy atom. The minimum Gasteiger partial charge on any atom is -0.335 e. The molecule has 5 heteroatoms. The van der Waals surface area contributed by atoms with E-state index in [-0.39, 0.29) is 5.56 Å². The minimum absolute atomic E-state index is 0.236. The van der Waals surface area contributed by atoms with E-state index in [0.29, 0.717) is 5.82 Å². The zero-order valence-electron chi connectivity index (χ0n) is 8.98. The van der Waals surface area contributed by atoms with Crippen LogP contribution in [0.4, 0.5) is 11.6 Å². The molecule has 0 atom stereocenters. The van der Waals surface area contributed by atoms with Gasteiger partial charge in [0.2, 0.25) is 0 Å². The van der Waals surface area contributed by atoms with Crippen LogP contribution >= 0.6 is 0 Å². The van der Waals surface area contributed by atoms with Gasteiger partial charge in [0.25, 0.3) is 5.56 Å². The molecule has 2 aromatic rings. The molecule has 0 fully saturated rings. The van der Waals surface area contributed by atoms with E-state index in [1.54, 1.807) is 12.4 Å². The van der Waals surface area contributed by atoms with E-state index < -0.39 is 0 Å². The Kier molecular flexibility index (Phi) is 1.65. The van der Waals surface area contributed by atoms with Gasteiger partial charge in [-0.3, -0.25) is 4.79 Å². The summed E-state index contributed by atoms with van der Waals surface area (Å²) in [6.07, 6.45) is 3.52. The standard InChI is InChI=1S/C11H10N4O/c1-6-3-8(16)14-10-9-7(6)4-15(2)11(9)13-5-12-10/h3-5H,1-2H3,(H,12,13,14,16). The second kappa shape index (κ2) is 2.91. The first-order chi connectivity index (χ1) is 7.66. The van der Waals surface area contributed by atoms with Gasteiger partial charge in [-0.1, -0.05) is 0 Å². The van der Waals surface area contributed by atoms with Crippen molar-refractivity contribution >= 4 is 28.7 Å². The molecule has 0 saturated heterocycles. The molecule has 16 heavy (non-hydrogen) atoms. The highest BCUT2D eigenvalue weighted by molar-refractivity contribution is 6.07. The summed E-state index contributed by atoms with van der Waals surface area (Å²) in [6.45, 7) is 1.91. The Hall–Kier alpha value is -2.17. The number of rotatable bonds is 0. The zero-order chi connectivity index (χ0) is 11.3. The maximum absolute atomic E-state index is 11.5. The third-order valence-corrected chi connectivity index (χ3v) is 2.76. The molecule has 80 valence electrons. The van der Waals surface area contributed by atoms with Crippen LogP contribution < -0.4 is 10.9 Å². The van der Waals surface area contributed by atoms with Crippen molar-refractivity contribution in [3.05, 3.63) is 28.2 Å². The maximum Gasteiger partial charge on any atom is 0.271 e. The lowest BCUT2D eigenvalue weighted by atomic mass is 10.2. The van der Waals surface area contributed by atoms with Crippen LogP contribution in [0.2, 0.25) is 0 Å². The molecule has 0 aromatic carbocycles. The van der Waals surface area contributed by atoms with Gasteiger partial charge >= 0.3 is 0 Å². The first-order valence-electron chi connectivity index (χ1n) is 4.97. The molecular weight excluding hydrogens is 204 g/mol. The van der Waals surface area contributed by atoms with Crippen LogP contribution in [0.5, 0.6) is 0 Å². The second-order valence-corrected chi connectivity index (χ2v) is 3.88. The molecule has 3 heterocycles. The predicted octanol–water partition coefficient (Wildman–Crippen LogP) is 1.33. The summed E-state index contributed by atoms with van der Waals surface area (Å²) in [6, 6.07) is 1.54. The largest absolute Gasteiger partial charge is 0.335 e. The van der Waals surface area contributed by atoms with Crippen molar-refractivity contribution in [2.45, 2.75) is 6.92 Å². The molecule has 3 rings (SSSR count). The van der Waals surface area contributed by atoms with E-state index in [4.69, 9.17) is 0 Å². The molecule has 0 aliphatic carbocycles. The van der Waals surface area contributed by atoms with Crippen LogP contribution in [0, 0.1) is 6.92 Å². The third-order valence-electron chi connectivity index (χ3n) is 2.76. The smallest absolute Gasteiger partial charge is 0.271 e. The molecule has 2 aromatic heterocycles. The lowest BCUT2D eigenvalue weighted by Crippen LogP contribution is -2.07. The molecule has 1 aliphatic rings. The van der Waals surface area contributed by atoms with E-state index in [1.165, 1.54) is 0 Å². The van der Waals surface area contributed by atoms with E-state index in [1.807, 2.05) is 24.7 Å². The van der Waals surface area contributed by atoms with Crippen molar-refractivity contribution in [2.24, 2.45) is 12.0 Å². The van der Waals surface area contributed by atoms with E-state index in [0.717, 1.165) is 22.2 Å². The van der Waals surface area contributed by atoms with Crippen molar-refractivity contribution in [1.82, 2.24) is 9.55 Å². The van der Waals surface area contributed by atoms with Crippen LogP contribution in [-0.2, 0) is 7.05 Å². The van der Waals surface area contributed by atoms with Crippen LogP contribution in [0.15, 0.2) is 22.1 Å². The molecule has 1 N–H and O–H groups in total. The molecule has 0 bridgehead atoms. The van der Waals surface area contributed by atoms with Gasteiger partial charge < -0.3 is 9.88 Å². The van der Waals surface area contributed by atoms with Crippen molar-refractivity contribution in [2.75, 3.05) is 5.32 Å². The molecule has 0 spiro atoms. The van der Waals surface area contributed by atoms with Gasteiger partial charge in [0.15, 0.2) is 0 Å². The fourth-order valence-corrected chi connectivity index (χ4v) is 2.02. The maximum atomic E-state index is 11.5. The van der Waals surface area contributed by atoms with Crippen molar-refractivity contribution in [3.8, 4) is 0 Å². The lowest BCUT2D eigenvalue weighted by Gasteiger charge is -2.05. The Balaban J connectivity index is 2.64. The highest BCUT2D eigenvalue weighted by Crippen LogP contribution is 2.34. The Bertz CT molecular complexity index is 684. The number of anilines is 1. The molecule has 1 aliphatic heterocycles. The molecule has 0 radical (unpaired) electrons. The summed E-state index contributed by atoms with van der Waals surface area (Å²) in [7, 11) is 1.93. The molecule has 0 unspecified atom stereocenters. The van der Waals surface area contributed by atoms with E-state index in [9.17, 15) is 4.79 Å². The quantitative estimate of drug-likeness (QED) is 0.719. The van der Waals surface area contributed by atoms with Crippen LogP contribution in [0.25, 0.3) is 10.8 Å². The number of nitrogens with one attached hydrogen (secondary N) is 1. The summed E-state index contributed by atoms with van der Waals surface area (Å²) >= 11 is 0. The van der Waals surface area contributed by atoms with E-state index in [2.05, 4.69) is 15.3 Å². The fourth-order valence-electron chi connectivity index (χ4n) is 2.02. The zero-order valence-corrected chi connectivity index (χ0v) is 8.98. The Morgan fingerprint density at radius 2 is 2.25 bits per heavy atom. The van der Waals surface area contributed by atoms with Gasteiger partial charge in [-0.05, 0) is 12.5 Å². The molecule has 0 saturated carbocycles. The topological polar surface area (TPSA) is 59.3 Å². The second-order valence-electron chi connectivity index (χ2n) is 3.88. The first kappa shape index (κ1) is 9.08. The number of aliphatic imine (C=N–C) groups is 1. The highest BCUT2D eigenvalue weighted by Gasteiger charge is 2.15. The van der Waals surface area contributed by atoms with Gasteiger partial charge in [0.1, 0.15) is 11.6 Å². The third kappa shape index (κ3) is 1.08. The average molecular weight is 214 g/mol. The number of hydrogen-bond donors (Lipinski definition) is 1. The summed E-state index contributed by atoms with van der Waals surface area (Å²) < 4.78 is 1.94. The van der Waals surface area contributed by atoms with Gasteiger partial charge in [0.05, 0.1) is 11.7 Å². The SMILES string of the molecule is Cc1cc(=O)nc2c3c(n(C)cc13)N=CN2. The van der Waals surface area contributed by atoms with Crippen LogP contribution in [0.1, 0.15) is 5.56 Å². The molecular formula is C11H10N4O. The van der Waals surface area contributed by atoms with Gasteiger partial charge in [-0.15, -0.1) is 0 Å². The minimum atomic E-state index is -0.236. The first-order valence-corrected chi connectivity index (χ1v) is 4.97. The lowest BCUT2D eigenvalue weighted by molar-refractivity contribution is 0.930. The number of hydrogen-bond acceptors (Lipinski definition) is 4. The van der Waals surface area contributed by atoms with Gasteiger partial charge in [0, 0.05) is 24.7 Å². The summed E-state index contributed by atoms with van der Waals surface area (Å²) in [5, 5.41) is 4.83. The average Bonchev–Trinajstić information content (AvgIpc) is 2.51. The van der Waals surface area contributed by atoms with Crippen molar-refractivity contribution < 1.29 is 0 Å². The van der Waals surface area contributed by atoms with E-state index >= 15 is 0 Å². The monoisotopic (exact) mass is 214 g/mol. The van der Waals surface area contributed by atoms with Crippen LogP contribution in [0.3, 0.4) is 0 Å². The number of aromatic nitrogens is 2. The van der Waals surface area contributed by atoms with Crippen molar-refractivity contribution in [1.29, 1.82) is 0 Å². The summed E-state index contributed by atoms with van der Waals surface area (Å²) in [4.78, 5) is 19.7. The molecule has 0 amide bonds. The number of aryl methyl sites for hydroxylation is 2. The van der Waals surface area contributed by atoms with Crippen molar-refractivity contribution in [3.63, 3.8) is 0 Å². The van der Waals surface area contributed by atoms with Gasteiger partial charge in [-0.25, -0.2) is 4.99 Å². The number of nitrogens with zero attached hydrogens (tertiary/aromatic N) is 3. The Labute approximate surface area is 91.5 Å². The van der Waals surface area contributed by atoms with Gasteiger partial charge in [-0.2, -0.15) is 4.98 Å².